The van der Waals surface area contributed by atoms with Gasteiger partial charge in [-0.15, -0.1) is 16.4 Å². The standard InChI is InChI=1S/C25H28B2N7O3S/c1-13(2)20(18-11-34(27-26)32-31-18)23(36)33-10-17(35)9-19(33)22-29-24(37)25(4,30-22)16-7-5-15(6-8-16)21-14(3)28-12-38-21/h5-8,11-13,17,19-20,35H,9-10H2,1-4H3,(H,29,30,37). The average Bonchev–Trinajstić information content (AvgIpc) is 3.67. The zero-order valence-electron chi connectivity index (χ0n) is 21.7. The summed E-state index contributed by atoms with van der Waals surface area (Å²) in [6.45, 7) is 7.72. The number of nitrogens with zero attached hydrogens (tertiary/aromatic N) is 6. The van der Waals surface area contributed by atoms with Gasteiger partial charge in [-0.05, 0) is 30.9 Å². The van der Waals surface area contributed by atoms with Crippen LogP contribution in [0.3, 0.4) is 0 Å². The molecule has 0 spiro atoms. The van der Waals surface area contributed by atoms with Gasteiger partial charge in [-0.3, -0.25) is 9.59 Å². The number of hydrogen-bond donors (Lipinski definition) is 2. The van der Waals surface area contributed by atoms with Crippen LogP contribution in [0.25, 0.3) is 10.4 Å². The quantitative estimate of drug-likeness (QED) is 0.447. The minimum absolute atomic E-state index is 0.0881. The Hall–Kier alpha value is -3.31. The van der Waals surface area contributed by atoms with Gasteiger partial charge in [0.25, 0.3) is 5.91 Å². The Morgan fingerprint density at radius 2 is 2.05 bits per heavy atom. The first-order valence-electron chi connectivity index (χ1n) is 12.5. The maximum Gasteiger partial charge on any atom is 0.257 e. The summed E-state index contributed by atoms with van der Waals surface area (Å²) in [5.74, 6) is -0.783. The highest BCUT2D eigenvalue weighted by atomic mass is 32.1. The lowest BCUT2D eigenvalue weighted by molar-refractivity contribution is -0.134. The monoisotopic (exact) mass is 528 g/mol. The highest BCUT2D eigenvalue weighted by molar-refractivity contribution is 7.13. The van der Waals surface area contributed by atoms with Gasteiger partial charge in [-0.25, -0.2) is 9.98 Å². The maximum absolute atomic E-state index is 13.8. The second kappa shape index (κ2) is 10.1. The summed E-state index contributed by atoms with van der Waals surface area (Å²) in [5, 5.41) is 21.5. The highest BCUT2D eigenvalue weighted by Crippen LogP contribution is 2.36. The number of aliphatic hydroxyl groups is 1. The van der Waals surface area contributed by atoms with E-state index in [4.69, 9.17) is 12.7 Å². The van der Waals surface area contributed by atoms with Gasteiger partial charge in [-0.2, -0.15) is 0 Å². The molecule has 0 bridgehead atoms. The largest absolute Gasteiger partial charge is 0.391 e. The molecule has 2 aliphatic heterocycles. The highest BCUT2D eigenvalue weighted by Gasteiger charge is 2.48. The van der Waals surface area contributed by atoms with Crippen LogP contribution in [0.2, 0.25) is 0 Å². The predicted molar refractivity (Wildman–Crippen MR) is 146 cm³/mol. The summed E-state index contributed by atoms with van der Waals surface area (Å²) in [4.78, 5) is 38.9. The Kier molecular flexibility index (Phi) is 6.99. The third-order valence-electron chi connectivity index (χ3n) is 7.29. The average molecular weight is 528 g/mol. The first-order valence-corrected chi connectivity index (χ1v) is 13.4. The fourth-order valence-corrected chi connectivity index (χ4v) is 6.00. The van der Waals surface area contributed by atoms with Crippen molar-refractivity contribution >= 4 is 44.0 Å². The Balaban J connectivity index is 1.43. The van der Waals surface area contributed by atoms with E-state index in [1.165, 1.54) is 11.9 Å². The van der Waals surface area contributed by atoms with E-state index in [2.05, 4.69) is 20.6 Å². The van der Waals surface area contributed by atoms with E-state index < -0.39 is 23.6 Å². The van der Waals surface area contributed by atoms with Crippen LogP contribution in [0.4, 0.5) is 0 Å². The van der Waals surface area contributed by atoms with Crippen LogP contribution < -0.4 is 5.32 Å². The number of nitrogens with one attached hydrogen (secondary N) is 1. The number of aryl methyl sites for hydroxylation is 1. The molecule has 38 heavy (non-hydrogen) atoms. The van der Waals surface area contributed by atoms with E-state index in [1.807, 2.05) is 50.5 Å². The zero-order valence-corrected chi connectivity index (χ0v) is 22.5. The van der Waals surface area contributed by atoms with Gasteiger partial charge in [-0.1, -0.05) is 43.3 Å². The fourth-order valence-electron chi connectivity index (χ4n) is 5.19. The molecule has 10 nitrogen and oxygen atoms in total. The van der Waals surface area contributed by atoms with Gasteiger partial charge in [0.15, 0.2) is 5.54 Å². The molecule has 13 heteroatoms. The fraction of sp³-hybridized carbons (Fsp3) is 0.440. The van der Waals surface area contributed by atoms with Crippen LogP contribution in [0.1, 0.15) is 50.1 Å². The number of aliphatic hydroxyl groups excluding tert-OH is 1. The van der Waals surface area contributed by atoms with E-state index >= 15 is 0 Å². The SMILES string of the molecule is [B][B]n1cc(C(C(=O)N2CC(O)CC2C2=NC(C)(c3ccc(-c4scnc4C)cc3)C(=O)N2)C(C)C)nn1. The number of rotatable bonds is 7. The molecule has 1 fully saturated rings. The normalized spacial score (nSPS) is 24.0. The summed E-state index contributed by atoms with van der Waals surface area (Å²) in [7, 11) is 6.79. The second-order valence-corrected chi connectivity index (χ2v) is 11.1. The van der Waals surface area contributed by atoms with Crippen molar-refractivity contribution in [2.45, 2.75) is 57.7 Å². The van der Waals surface area contributed by atoms with Gasteiger partial charge in [0.2, 0.25) is 13.2 Å². The van der Waals surface area contributed by atoms with E-state index in [0.29, 0.717) is 11.5 Å². The van der Waals surface area contributed by atoms with E-state index in [0.717, 1.165) is 21.7 Å². The number of aromatic nitrogens is 4. The number of hydrogen-bond acceptors (Lipinski definition) is 8. The molecule has 4 atom stereocenters. The van der Waals surface area contributed by atoms with Crippen molar-refractivity contribution < 1.29 is 14.7 Å². The molecule has 3 radical (unpaired) electrons. The Bertz CT molecular complexity index is 1390. The number of carbonyl (C=O) groups is 2. The Morgan fingerprint density at radius 1 is 1.32 bits per heavy atom. The van der Waals surface area contributed by atoms with Gasteiger partial charge in [0.1, 0.15) is 5.84 Å². The van der Waals surface area contributed by atoms with Crippen LogP contribution in [-0.4, -0.2) is 81.3 Å². The minimum atomic E-state index is -1.16. The number of amides is 2. The molecule has 0 aliphatic carbocycles. The molecule has 4 unspecified atom stereocenters. The van der Waals surface area contributed by atoms with Crippen LogP contribution in [0, 0.1) is 12.8 Å². The molecular formula is C25H28B2N7O3S. The van der Waals surface area contributed by atoms with Crippen molar-refractivity contribution in [3.8, 4) is 10.4 Å². The van der Waals surface area contributed by atoms with Gasteiger partial charge < -0.3 is 19.9 Å². The molecule has 1 aromatic carbocycles. The summed E-state index contributed by atoms with van der Waals surface area (Å²) in [6.07, 6.45) is 1.16. The summed E-state index contributed by atoms with van der Waals surface area (Å²) < 4.78 is 1.35. The van der Waals surface area contributed by atoms with Crippen LogP contribution in [0.5, 0.6) is 0 Å². The molecule has 1 saturated heterocycles. The zero-order chi connectivity index (χ0) is 27.2. The predicted octanol–water partition coefficient (Wildman–Crippen LogP) is 1.41. The molecule has 193 valence electrons. The molecule has 2 amide bonds. The Labute approximate surface area is 227 Å². The summed E-state index contributed by atoms with van der Waals surface area (Å²) >= 11 is 1.57. The molecular weight excluding hydrogens is 500 g/mol. The van der Waals surface area contributed by atoms with Crippen LogP contribution >= 0.6 is 11.3 Å². The number of amidine groups is 1. The minimum Gasteiger partial charge on any atom is -0.391 e. The number of thiazole rings is 1. The number of β-amino-alcohol motifs (C(OH)–C–C–N with tert-alkyl or cyclic N) is 1. The number of likely N-dealkylation sites (tertiary alicyclic amines) is 1. The molecule has 2 aromatic heterocycles. The number of aliphatic imine (C=N–C) groups is 1. The van der Waals surface area contributed by atoms with Crippen LogP contribution in [0.15, 0.2) is 41.0 Å². The van der Waals surface area contributed by atoms with Crippen LogP contribution in [-0.2, 0) is 15.1 Å². The van der Waals surface area contributed by atoms with E-state index in [9.17, 15) is 14.7 Å². The van der Waals surface area contributed by atoms with Crippen molar-refractivity contribution in [3.05, 3.63) is 52.9 Å². The van der Waals surface area contributed by atoms with E-state index in [1.54, 1.807) is 29.4 Å². The topological polar surface area (TPSA) is 126 Å². The Morgan fingerprint density at radius 3 is 2.66 bits per heavy atom. The number of carbonyl (C=O) groups excluding carboxylic acids is 2. The first kappa shape index (κ1) is 26.3. The lowest BCUT2D eigenvalue weighted by atomic mass is 9.67. The molecule has 5 rings (SSSR count). The molecule has 4 heterocycles. The summed E-state index contributed by atoms with van der Waals surface area (Å²) in [5.41, 5.74) is 3.87. The van der Waals surface area contributed by atoms with Crippen molar-refractivity contribution in [2.75, 3.05) is 6.54 Å². The molecule has 3 aromatic rings. The molecule has 0 saturated carbocycles. The first-order chi connectivity index (χ1) is 18.1. The van der Waals surface area contributed by atoms with E-state index in [-0.39, 0.29) is 30.7 Å². The lowest BCUT2D eigenvalue weighted by Gasteiger charge is -2.29. The molecule has 2 aliphatic rings. The smallest absolute Gasteiger partial charge is 0.257 e. The maximum atomic E-state index is 13.8. The van der Waals surface area contributed by atoms with Crippen molar-refractivity contribution in [1.29, 1.82) is 0 Å². The number of benzene rings is 1. The third-order valence-corrected chi connectivity index (χ3v) is 8.27. The second-order valence-electron chi connectivity index (χ2n) is 10.3. The van der Waals surface area contributed by atoms with Gasteiger partial charge in [0.05, 0.1) is 39.8 Å². The van der Waals surface area contributed by atoms with Gasteiger partial charge in [0, 0.05) is 26.9 Å². The van der Waals surface area contributed by atoms with Crippen molar-refractivity contribution in [2.24, 2.45) is 10.9 Å². The van der Waals surface area contributed by atoms with Crippen molar-refractivity contribution in [3.63, 3.8) is 0 Å². The van der Waals surface area contributed by atoms with Gasteiger partial charge >= 0.3 is 0 Å². The van der Waals surface area contributed by atoms with Crippen molar-refractivity contribution in [1.82, 2.24) is 30.1 Å². The third kappa shape index (κ3) is 4.58. The molecule has 2 N–H and O–H groups in total. The summed E-state index contributed by atoms with van der Waals surface area (Å²) in [6, 6.07) is 7.17. The lowest BCUT2D eigenvalue weighted by Crippen LogP contribution is -2.48.